The zero-order valence-electron chi connectivity index (χ0n) is 10.1. The summed E-state index contributed by atoms with van der Waals surface area (Å²) in [4.78, 5) is 23.6. The van der Waals surface area contributed by atoms with Crippen LogP contribution in [0, 0.1) is 5.92 Å². The van der Waals surface area contributed by atoms with E-state index in [1.807, 2.05) is 0 Å². The Morgan fingerprint density at radius 3 is 2.53 bits per heavy atom. The highest BCUT2D eigenvalue weighted by atomic mass is 16.6. The number of nitrogens with two attached hydrogens (primary N) is 1. The number of rotatable bonds is 4. The molecule has 1 saturated heterocycles. The number of hydrogen-bond acceptors (Lipinski definition) is 4. The van der Waals surface area contributed by atoms with E-state index in [4.69, 9.17) is 15.6 Å². The SMILES string of the molecule is CCOC(=O)N1CCC(C(N)CC(=O)O)CC1. The van der Waals surface area contributed by atoms with Crippen molar-refractivity contribution in [2.24, 2.45) is 11.7 Å². The highest BCUT2D eigenvalue weighted by Gasteiger charge is 2.28. The molecule has 98 valence electrons. The summed E-state index contributed by atoms with van der Waals surface area (Å²) < 4.78 is 4.90. The fraction of sp³-hybridized carbons (Fsp3) is 0.818. The molecule has 1 rings (SSSR count). The van der Waals surface area contributed by atoms with Crippen LogP contribution < -0.4 is 5.73 Å². The quantitative estimate of drug-likeness (QED) is 0.757. The zero-order valence-corrected chi connectivity index (χ0v) is 10.1. The predicted molar refractivity (Wildman–Crippen MR) is 61.5 cm³/mol. The van der Waals surface area contributed by atoms with Gasteiger partial charge in [-0.1, -0.05) is 0 Å². The molecule has 0 bridgehead atoms. The minimum atomic E-state index is -0.870. The summed E-state index contributed by atoms with van der Waals surface area (Å²) >= 11 is 0. The number of ether oxygens (including phenoxy) is 1. The van der Waals surface area contributed by atoms with E-state index in [1.54, 1.807) is 11.8 Å². The molecule has 1 unspecified atom stereocenters. The summed E-state index contributed by atoms with van der Waals surface area (Å²) in [6, 6.07) is -0.322. The summed E-state index contributed by atoms with van der Waals surface area (Å²) in [7, 11) is 0. The average Bonchev–Trinajstić information content (AvgIpc) is 2.28. The Morgan fingerprint density at radius 1 is 1.47 bits per heavy atom. The van der Waals surface area contributed by atoms with Gasteiger partial charge in [0.25, 0.3) is 0 Å². The van der Waals surface area contributed by atoms with Gasteiger partial charge in [-0.05, 0) is 25.7 Å². The van der Waals surface area contributed by atoms with Crippen molar-refractivity contribution in [1.29, 1.82) is 0 Å². The van der Waals surface area contributed by atoms with Crippen molar-refractivity contribution in [2.45, 2.75) is 32.2 Å². The molecule has 1 fully saturated rings. The van der Waals surface area contributed by atoms with Gasteiger partial charge in [0.05, 0.1) is 13.0 Å². The molecule has 1 aliphatic rings. The minimum Gasteiger partial charge on any atom is -0.481 e. The Labute approximate surface area is 101 Å². The number of amides is 1. The van der Waals surface area contributed by atoms with Crippen molar-refractivity contribution in [3.63, 3.8) is 0 Å². The molecule has 0 aromatic carbocycles. The number of carbonyl (C=O) groups is 2. The molecule has 1 aliphatic heterocycles. The maximum atomic E-state index is 11.4. The fourth-order valence-corrected chi connectivity index (χ4v) is 2.09. The third-order valence-corrected chi connectivity index (χ3v) is 3.08. The van der Waals surface area contributed by atoms with Gasteiger partial charge in [0.1, 0.15) is 0 Å². The normalized spacial score (nSPS) is 18.8. The Kier molecular flexibility index (Phi) is 5.21. The van der Waals surface area contributed by atoms with Crippen LogP contribution in [0.1, 0.15) is 26.2 Å². The van der Waals surface area contributed by atoms with E-state index < -0.39 is 5.97 Å². The van der Waals surface area contributed by atoms with E-state index in [-0.39, 0.29) is 24.5 Å². The number of carboxylic acid groups (broad SMARTS) is 1. The first-order valence-corrected chi connectivity index (χ1v) is 5.93. The van der Waals surface area contributed by atoms with Crippen molar-refractivity contribution in [3.05, 3.63) is 0 Å². The third-order valence-electron chi connectivity index (χ3n) is 3.08. The first-order valence-electron chi connectivity index (χ1n) is 5.93. The van der Waals surface area contributed by atoms with Crippen LogP contribution >= 0.6 is 0 Å². The predicted octanol–water partition coefficient (Wildman–Crippen LogP) is 0.657. The van der Waals surface area contributed by atoms with Crippen LogP contribution in [0.25, 0.3) is 0 Å². The van der Waals surface area contributed by atoms with Crippen LogP contribution in [0.3, 0.4) is 0 Å². The van der Waals surface area contributed by atoms with Gasteiger partial charge in [-0.15, -0.1) is 0 Å². The third kappa shape index (κ3) is 4.22. The van der Waals surface area contributed by atoms with Crippen molar-refractivity contribution in [1.82, 2.24) is 4.90 Å². The standard InChI is InChI=1S/C11H20N2O4/c1-2-17-11(16)13-5-3-8(4-6-13)9(12)7-10(14)15/h8-9H,2-7,12H2,1H3,(H,14,15). The first-order chi connectivity index (χ1) is 8.04. The van der Waals surface area contributed by atoms with E-state index in [2.05, 4.69) is 0 Å². The van der Waals surface area contributed by atoms with Gasteiger partial charge in [0, 0.05) is 19.1 Å². The highest BCUT2D eigenvalue weighted by molar-refractivity contribution is 5.68. The summed E-state index contributed by atoms with van der Waals surface area (Å²) in [5.74, 6) is -0.693. The molecule has 0 aromatic rings. The first kappa shape index (κ1) is 13.8. The lowest BCUT2D eigenvalue weighted by Gasteiger charge is -2.33. The van der Waals surface area contributed by atoms with Crippen LogP contribution in [-0.4, -0.2) is 47.8 Å². The Morgan fingerprint density at radius 2 is 2.06 bits per heavy atom. The molecule has 1 heterocycles. The number of aliphatic carboxylic acids is 1. The van der Waals surface area contributed by atoms with Gasteiger partial charge in [0.2, 0.25) is 0 Å². The number of carbonyl (C=O) groups excluding carboxylic acids is 1. The van der Waals surface area contributed by atoms with Crippen LogP contribution in [0.4, 0.5) is 4.79 Å². The summed E-state index contributed by atoms with van der Waals surface area (Å²) in [5, 5.41) is 8.66. The zero-order chi connectivity index (χ0) is 12.8. The second-order valence-corrected chi connectivity index (χ2v) is 4.29. The second-order valence-electron chi connectivity index (χ2n) is 4.29. The maximum absolute atomic E-state index is 11.4. The van der Waals surface area contributed by atoms with E-state index >= 15 is 0 Å². The monoisotopic (exact) mass is 244 g/mol. The minimum absolute atomic E-state index is 0.00985. The van der Waals surface area contributed by atoms with Gasteiger partial charge in [0.15, 0.2) is 0 Å². The molecule has 0 radical (unpaired) electrons. The lowest BCUT2D eigenvalue weighted by atomic mass is 9.88. The number of carboxylic acids is 1. The Balaban J connectivity index is 2.34. The van der Waals surface area contributed by atoms with Gasteiger partial charge in [-0.2, -0.15) is 0 Å². The molecule has 0 saturated carbocycles. The van der Waals surface area contributed by atoms with Crippen LogP contribution in [0.2, 0.25) is 0 Å². The lowest BCUT2D eigenvalue weighted by Crippen LogP contribution is -2.44. The number of piperidine rings is 1. The van der Waals surface area contributed by atoms with Gasteiger partial charge >= 0.3 is 12.1 Å². The van der Waals surface area contributed by atoms with Gasteiger partial charge < -0.3 is 20.5 Å². The number of likely N-dealkylation sites (tertiary alicyclic amines) is 1. The lowest BCUT2D eigenvalue weighted by molar-refractivity contribution is -0.137. The van der Waals surface area contributed by atoms with Crippen LogP contribution in [0.5, 0.6) is 0 Å². The molecule has 3 N–H and O–H groups in total. The van der Waals surface area contributed by atoms with Crippen molar-refractivity contribution in [2.75, 3.05) is 19.7 Å². The molecule has 6 heteroatoms. The summed E-state index contributed by atoms with van der Waals surface area (Å²) in [5.41, 5.74) is 5.81. The summed E-state index contributed by atoms with van der Waals surface area (Å²) in [6.45, 7) is 3.33. The highest BCUT2D eigenvalue weighted by Crippen LogP contribution is 2.21. The van der Waals surface area contributed by atoms with Crippen molar-refractivity contribution >= 4 is 12.1 Å². The van der Waals surface area contributed by atoms with Crippen LogP contribution in [0.15, 0.2) is 0 Å². The molecule has 0 aliphatic carbocycles. The second kappa shape index (κ2) is 6.44. The van der Waals surface area contributed by atoms with Gasteiger partial charge in [-0.3, -0.25) is 4.79 Å². The van der Waals surface area contributed by atoms with Gasteiger partial charge in [-0.25, -0.2) is 4.79 Å². The molecule has 0 aromatic heterocycles. The van der Waals surface area contributed by atoms with Crippen molar-refractivity contribution in [3.8, 4) is 0 Å². The molecule has 1 amide bonds. The Hall–Kier alpha value is -1.30. The van der Waals surface area contributed by atoms with E-state index in [0.717, 1.165) is 12.8 Å². The van der Waals surface area contributed by atoms with E-state index in [9.17, 15) is 9.59 Å². The smallest absolute Gasteiger partial charge is 0.409 e. The molecule has 1 atom stereocenters. The van der Waals surface area contributed by atoms with Crippen molar-refractivity contribution < 1.29 is 19.4 Å². The average molecular weight is 244 g/mol. The van der Waals surface area contributed by atoms with Crippen LogP contribution in [-0.2, 0) is 9.53 Å². The largest absolute Gasteiger partial charge is 0.481 e. The maximum Gasteiger partial charge on any atom is 0.409 e. The topological polar surface area (TPSA) is 92.9 Å². The van der Waals surface area contributed by atoms with E-state index in [0.29, 0.717) is 19.7 Å². The molecule has 17 heavy (non-hydrogen) atoms. The number of hydrogen-bond donors (Lipinski definition) is 2. The fourth-order valence-electron chi connectivity index (χ4n) is 2.09. The molecule has 0 spiro atoms. The molecular formula is C11H20N2O4. The number of nitrogens with zero attached hydrogens (tertiary/aromatic N) is 1. The van der Waals surface area contributed by atoms with E-state index in [1.165, 1.54) is 0 Å². The summed E-state index contributed by atoms with van der Waals surface area (Å²) in [6.07, 6.45) is 1.18. The molecular weight excluding hydrogens is 224 g/mol. The molecule has 6 nitrogen and oxygen atoms in total. The Bertz CT molecular complexity index is 275.